The van der Waals surface area contributed by atoms with Gasteiger partial charge in [-0.25, -0.2) is 4.98 Å². The van der Waals surface area contributed by atoms with Gasteiger partial charge in [0.1, 0.15) is 11.5 Å². The zero-order valence-electron chi connectivity index (χ0n) is 18.3. The largest absolute Gasteiger partial charge is 0.497 e. The molecule has 2 aromatic carbocycles. The van der Waals surface area contributed by atoms with Crippen molar-refractivity contribution in [3.05, 3.63) is 47.5 Å². The van der Waals surface area contributed by atoms with Crippen molar-refractivity contribution in [2.45, 2.75) is 20.8 Å². The number of nitrogens with zero attached hydrogens (tertiary/aromatic N) is 2. The first kappa shape index (κ1) is 22.1. The van der Waals surface area contributed by atoms with Crippen LogP contribution in [0, 0.1) is 6.92 Å². The maximum Gasteiger partial charge on any atom is 0.260 e. The number of nitrogens with one attached hydrogen (secondary N) is 1. The number of carbonyl (C=O) groups excluding carboxylic acids is 1. The number of ether oxygens (including phenoxy) is 2. The van der Waals surface area contributed by atoms with E-state index in [4.69, 9.17) is 14.5 Å². The number of rotatable bonds is 9. The summed E-state index contributed by atoms with van der Waals surface area (Å²) in [7, 11) is 3.17. The van der Waals surface area contributed by atoms with Gasteiger partial charge in [-0.3, -0.25) is 9.69 Å². The number of carbonyl (C=O) groups is 1. The molecule has 3 aromatic rings. The average molecular weight is 429 g/mol. The van der Waals surface area contributed by atoms with Crippen LogP contribution < -0.4 is 19.3 Å². The van der Waals surface area contributed by atoms with E-state index in [1.807, 2.05) is 12.1 Å². The third-order valence-corrected chi connectivity index (χ3v) is 6.34. The second kappa shape index (κ2) is 9.91. The Bertz CT molecular complexity index is 992. The zero-order valence-corrected chi connectivity index (χ0v) is 19.1. The smallest absolute Gasteiger partial charge is 0.260 e. The number of hydrogen-bond acceptors (Lipinski definition) is 5. The predicted molar refractivity (Wildman–Crippen MR) is 122 cm³/mol. The summed E-state index contributed by atoms with van der Waals surface area (Å²) in [5.74, 6) is 1.08. The molecule has 30 heavy (non-hydrogen) atoms. The van der Waals surface area contributed by atoms with Crippen LogP contribution in [-0.2, 0) is 0 Å². The van der Waals surface area contributed by atoms with E-state index < -0.39 is 0 Å². The Morgan fingerprint density at radius 1 is 1.07 bits per heavy atom. The van der Waals surface area contributed by atoms with Gasteiger partial charge in [0.2, 0.25) is 0 Å². The minimum absolute atomic E-state index is 0.102. The fraction of sp³-hybridized carbons (Fsp3) is 0.391. The lowest BCUT2D eigenvalue weighted by atomic mass is 10.1. The van der Waals surface area contributed by atoms with Crippen molar-refractivity contribution in [1.82, 2.24) is 4.98 Å². The van der Waals surface area contributed by atoms with E-state index >= 15 is 0 Å². The molecular formula is C23H30N3O3S+. The van der Waals surface area contributed by atoms with Gasteiger partial charge in [0.05, 0.1) is 50.6 Å². The fourth-order valence-corrected chi connectivity index (χ4v) is 4.47. The Morgan fingerprint density at radius 3 is 2.33 bits per heavy atom. The van der Waals surface area contributed by atoms with Crippen molar-refractivity contribution in [2.24, 2.45) is 0 Å². The monoisotopic (exact) mass is 428 g/mol. The minimum Gasteiger partial charge on any atom is -0.497 e. The highest BCUT2D eigenvalue weighted by Crippen LogP contribution is 2.31. The third kappa shape index (κ3) is 4.91. The van der Waals surface area contributed by atoms with Crippen molar-refractivity contribution in [1.29, 1.82) is 0 Å². The molecule has 6 nitrogen and oxygen atoms in total. The second-order valence-electron chi connectivity index (χ2n) is 7.23. The van der Waals surface area contributed by atoms with Crippen molar-refractivity contribution < 1.29 is 19.2 Å². The van der Waals surface area contributed by atoms with Gasteiger partial charge in [0.15, 0.2) is 5.13 Å². The average Bonchev–Trinajstić information content (AvgIpc) is 3.18. The molecule has 1 aromatic heterocycles. The van der Waals surface area contributed by atoms with Crippen LogP contribution in [0.4, 0.5) is 5.13 Å². The number of anilines is 1. The summed E-state index contributed by atoms with van der Waals surface area (Å²) in [6.07, 6.45) is 0. The van der Waals surface area contributed by atoms with E-state index in [2.05, 4.69) is 26.8 Å². The summed E-state index contributed by atoms with van der Waals surface area (Å²) in [5.41, 5.74) is 2.62. The number of hydrogen-bond donors (Lipinski definition) is 1. The van der Waals surface area contributed by atoms with Crippen molar-refractivity contribution >= 4 is 32.6 Å². The summed E-state index contributed by atoms with van der Waals surface area (Å²) >= 11 is 1.55. The maximum absolute atomic E-state index is 13.6. The Hall–Kier alpha value is -2.64. The molecular weight excluding hydrogens is 398 g/mol. The summed E-state index contributed by atoms with van der Waals surface area (Å²) in [5, 5.41) is 0.717. The molecule has 0 atom stereocenters. The van der Waals surface area contributed by atoms with Gasteiger partial charge in [-0.2, -0.15) is 0 Å². The predicted octanol–water partition coefficient (Wildman–Crippen LogP) is 3.19. The third-order valence-electron chi connectivity index (χ3n) is 5.30. The summed E-state index contributed by atoms with van der Waals surface area (Å²) in [4.78, 5) is 21.6. The van der Waals surface area contributed by atoms with Crippen molar-refractivity contribution in [2.75, 3.05) is 45.3 Å². The fourth-order valence-electron chi connectivity index (χ4n) is 3.38. The summed E-state index contributed by atoms with van der Waals surface area (Å²) < 4.78 is 11.8. The highest BCUT2D eigenvalue weighted by molar-refractivity contribution is 7.22. The lowest BCUT2D eigenvalue weighted by Crippen LogP contribution is -3.12. The summed E-state index contributed by atoms with van der Waals surface area (Å²) in [6.45, 7) is 9.88. The quantitative estimate of drug-likeness (QED) is 0.569. The molecule has 3 rings (SSSR count). The highest BCUT2D eigenvalue weighted by atomic mass is 32.1. The second-order valence-corrected chi connectivity index (χ2v) is 8.24. The molecule has 0 aliphatic carbocycles. The molecule has 0 aliphatic rings. The van der Waals surface area contributed by atoms with Gasteiger partial charge in [-0.15, -0.1) is 0 Å². The van der Waals surface area contributed by atoms with Crippen LogP contribution in [-0.4, -0.2) is 51.3 Å². The van der Waals surface area contributed by atoms with Gasteiger partial charge in [0.25, 0.3) is 5.91 Å². The number of aromatic nitrogens is 1. The van der Waals surface area contributed by atoms with E-state index in [0.717, 1.165) is 29.9 Å². The lowest BCUT2D eigenvalue weighted by molar-refractivity contribution is -0.894. The molecule has 0 aliphatic heterocycles. The van der Waals surface area contributed by atoms with E-state index in [9.17, 15) is 4.79 Å². The van der Waals surface area contributed by atoms with Crippen LogP contribution in [0.2, 0.25) is 0 Å². The van der Waals surface area contributed by atoms with Gasteiger partial charge in [0, 0.05) is 11.6 Å². The van der Waals surface area contributed by atoms with E-state index in [1.54, 1.807) is 48.7 Å². The molecule has 0 bridgehead atoms. The van der Waals surface area contributed by atoms with Crippen LogP contribution in [0.15, 0.2) is 36.4 Å². The van der Waals surface area contributed by atoms with Crippen LogP contribution in [0.25, 0.3) is 10.2 Å². The number of quaternary nitrogens is 1. The van der Waals surface area contributed by atoms with Gasteiger partial charge < -0.3 is 14.4 Å². The molecule has 0 unspecified atom stereocenters. The van der Waals surface area contributed by atoms with Crippen molar-refractivity contribution in [3.63, 3.8) is 0 Å². The Labute approximate surface area is 182 Å². The van der Waals surface area contributed by atoms with Crippen LogP contribution in [0.5, 0.6) is 11.5 Å². The topological polar surface area (TPSA) is 56.1 Å². The normalized spacial score (nSPS) is 11.1. The molecule has 0 spiro atoms. The van der Waals surface area contributed by atoms with Crippen LogP contribution >= 0.6 is 11.3 Å². The number of methoxy groups -OCH3 is 2. The molecule has 7 heteroatoms. The molecule has 1 heterocycles. The van der Waals surface area contributed by atoms with Crippen LogP contribution in [0.3, 0.4) is 0 Å². The Morgan fingerprint density at radius 2 is 1.73 bits per heavy atom. The number of amides is 1. The number of aryl methyl sites for hydroxylation is 1. The molecule has 0 fully saturated rings. The highest BCUT2D eigenvalue weighted by Gasteiger charge is 2.24. The molecule has 1 amide bonds. The molecule has 0 saturated carbocycles. The van der Waals surface area contributed by atoms with Gasteiger partial charge in [-0.1, -0.05) is 17.4 Å². The Kier molecular flexibility index (Phi) is 7.29. The molecule has 0 saturated heterocycles. The SMILES string of the molecule is CC[NH+](CC)CCN(C(=O)c1cc(OC)cc(OC)c1)c1nc2ccc(C)cc2s1. The number of likely N-dealkylation sites (N-methyl/N-ethyl adjacent to an activating group) is 1. The summed E-state index contributed by atoms with van der Waals surface area (Å²) in [6, 6.07) is 11.4. The molecule has 160 valence electrons. The maximum atomic E-state index is 13.6. The number of fused-ring (bicyclic) bond motifs is 1. The standard InChI is InChI=1S/C23H29N3O3S/c1-6-25(7-2)10-11-26(23-24-20-9-8-16(3)12-21(20)30-23)22(27)17-13-18(28-4)15-19(14-17)29-5/h8-9,12-15H,6-7,10-11H2,1-5H3/p+1. The van der Waals surface area contributed by atoms with Crippen LogP contribution in [0.1, 0.15) is 29.8 Å². The number of benzene rings is 2. The van der Waals surface area contributed by atoms with Gasteiger partial charge in [-0.05, 0) is 50.6 Å². The Balaban J connectivity index is 2.00. The minimum atomic E-state index is -0.102. The van der Waals surface area contributed by atoms with Crippen molar-refractivity contribution in [3.8, 4) is 11.5 Å². The van der Waals surface area contributed by atoms with E-state index in [1.165, 1.54) is 10.5 Å². The molecule has 1 N–H and O–H groups in total. The van der Waals surface area contributed by atoms with E-state index in [0.29, 0.717) is 28.7 Å². The zero-order chi connectivity index (χ0) is 21.7. The number of thiazole rings is 1. The lowest BCUT2D eigenvalue weighted by Gasteiger charge is -2.23. The van der Waals surface area contributed by atoms with Gasteiger partial charge >= 0.3 is 0 Å². The first-order valence-corrected chi connectivity index (χ1v) is 11.1. The van der Waals surface area contributed by atoms with E-state index in [-0.39, 0.29) is 5.91 Å². The first-order valence-electron chi connectivity index (χ1n) is 10.2. The molecule has 0 radical (unpaired) electrons. The first-order chi connectivity index (χ1) is 14.5.